The quantitative estimate of drug-likeness (QED) is 0.837. The zero-order valence-electron chi connectivity index (χ0n) is 11.5. The van der Waals surface area contributed by atoms with Crippen LogP contribution in [-0.4, -0.2) is 34.1 Å². The van der Waals surface area contributed by atoms with E-state index in [4.69, 9.17) is 5.73 Å². The average Bonchev–Trinajstić information content (AvgIpc) is 2.32. The number of anilines is 1. The van der Waals surface area contributed by atoms with Gasteiger partial charge >= 0.3 is 0 Å². The Morgan fingerprint density at radius 2 is 2.00 bits per heavy atom. The summed E-state index contributed by atoms with van der Waals surface area (Å²) in [6.45, 7) is 8.16. The number of nitrogen functional groups attached to an aromatic ring is 1. The van der Waals surface area contributed by atoms with E-state index in [1.54, 1.807) is 6.20 Å². The fourth-order valence-corrected chi connectivity index (χ4v) is 2.63. The van der Waals surface area contributed by atoms with Gasteiger partial charge in [-0.2, -0.15) is 0 Å². The van der Waals surface area contributed by atoms with Gasteiger partial charge in [-0.05, 0) is 45.2 Å². The number of aliphatic hydroxyl groups is 1. The topological polar surface area (TPSA) is 62.4 Å². The number of nitrogens with two attached hydrogens (primary N) is 1. The van der Waals surface area contributed by atoms with Gasteiger partial charge in [-0.3, -0.25) is 0 Å². The number of hydrogen-bond donors (Lipinski definition) is 2. The van der Waals surface area contributed by atoms with Crippen LogP contribution in [0.5, 0.6) is 0 Å². The molecule has 1 aromatic rings. The highest BCUT2D eigenvalue weighted by Gasteiger charge is 2.36. The Hall–Kier alpha value is -1.13. The molecule has 0 aliphatic carbocycles. The standard InChI is InChI=1S/C14H23N3O/c1-10(2)17-6-4-14(18,5-7-17)12-8-11(3)9-16-13(12)15/h8-10,18H,4-7H2,1-3H3,(H2,15,16). The van der Waals surface area contributed by atoms with Crippen LogP contribution in [0.3, 0.4) is 0 Å². The van der Waals surface area contributed by atoms with Gasteiger partial charge in [-0.1, -0.05) is 0 Å². The Kier molecular flexibility index (Phi) is 3.59. The Morgan fingerprint density at radius 3 is 2.56 bits per heavy atom. The molecule has 2 rings (SSSR count). The molecule has 1 saturated heterocycles. The third kappa shape index (κ3) is 2.49. The van der Waals surface area contributed by atoms with Crippen molar-refractivity contribution in [2.75, 3.05) is 18.8 Å². The second-order valence-electron chi connectivity index (χ2n) is 5.61. The van der Waals surface area contributed by atoms with Crippen molar-refractivity contribution < 1.29 is 5.11 Å². The van der Waals surface area contributed by atoms with Gasteiger partial charge in [0.2, 0.25) is 0 Å². The van der Waals surface area contributed by atoms with E-state index in [1.807, 2.05) is 13.0 Å². The first-order chi connectivity index (χ1) is 8.42. The Balaban J connectivity index is 2.20. The van der Waals surface area contributed by atoms with Gasteiger partial charge < -0.3 is 15.7 Å². The lowest BCUT2D eigenvalue weighted by Crippen LogP contribution is -2.45. The van der Waals surface area contributed by atoms with Gasteiger partial charge in [0.05, 0.1) is 5.60 Å². The second kappa shape index (κ2) is 4.86. The molecule has 0 atom stereocenters. The maximum absolute atomic E-state index is 10.8. The maximum atomic E-state index is 10.8. The lowest BCUT2D eigenvalue weighted by molar-refractivity contribution is -0.0320. The molecule has 0 unspecified atom stereocenters. The first kappa shape index (κ1) is 13.3. The van der Waals surface area contributed by atoms with Gasteiger partial charge in [0, 0.05) is 30.9 Å². The number of piperidine rings is 1. The highest BCUT2D eigenvalue weighted by Crippen LogP contribution is 2.36. The summed E-state index contributed by atoms with van der Waals surface area (Å²) in [6, 6.07) is 2.50. The predicted octanol–water partition coefficient (Wildman–Crippen LogP) is 1.66. The fourth-order valence-electron chi connectivity index (χ4n) is 2.63. The molecule has 0 radical (unpaired) electrons. The van der Waals surface area contributed by atoms with Crippen LogP contribution in [0.15, 0.2) is 12.3 Å². The first-order valence-electron chi connectivity index (χ1n) is 6.61. The number of rotatable bonds is 2. The number of nitrogens with zero attached hydrogens (tertiary/aromatic N) is 2. The molecule has 0 bridgehead atoms. The molecule has 100 valence electrons. The lowest BCUT2D eigenvalue weighted by atomic mass is 9.84. The van der Waals surface area contributed by atoms with Crippen molar-refractivity contribution in [1.29, 1.82) is 0 Å². The molecule has 0 aromatic carbocycles. The summed E-state index contributed by atoms with van der Waals surface area (Å²) in [5.74, 6) is 0.459. The molecule has 4 nitrogen and oxygen atoms in total. The third-order valence-corrected chi connectivity index (χ3v) is 3.91. The molecule has 0 saturated carbocycles. The summed E-state index contributed by atoms with van der Waals surface area (Å²) < 4.78 is 0. The van der Waals surface area contributed by atoms with Crippen LogP contribution < -0.4 is 5.73 Å². The van der Waals surface area contributed by atoms with Gasteiger partial charge in [-0.25, -0.2) is 4.98 Å². The highest BCUT2D eigenvalue weighted by atomic mass is 16.3. The summed E-state index contributed by atoms with van der Waals surface area (Å²) in [4.78, 5) is 6.54. The fraction of sp³-hybridized carbons (Fsp3) is 0.643. The van der Waals surface area contributed by atoms with Gasteiger partial charge in [0.1, 0.15) is 5.82 Å². The smallest absolute Gasteiger partial charge is 0.129 e. The van der Waals surface area contributed by atoms with Crippen LogP contribution in [0.25, 0.3) is 0 Å². The van der Waals surface area contributed by atoms with Crippen LogP contribution in [-0.2, 0) is 5.60 Å². The van der Waals surface area contributed by atoms with Crippen molar-refractivity contribution in [1.82, 2.24) is 9.88 Å². The van der Waals surface area contributed by atoms with E-state index in [0.717, 1.165) is 37.1 Å². The molecule has 18 heavy (non-hydrogen) atoms. The summed E-state index contributed by atoms with van der Waals surface area (Å²) in [5.41, 5.74) is 6.94. The van der Waals surface area contributed by atoms with Crippen molar-refractivity contribution in [2.45, 2.75) is 45.3 Å². The zero-order chi connectivity index (χ0) is 13.3. The van der Waals surface area contributed by atoms with Crippen molar-refractivity contribution in [3.8, 4) is 0 Å². The summed E-state index contributed by atoms with van der Waals surface area (Å²) >= 11 is 0. The number of aryl methyl sites for hydroxylation is 1. The molecule has 4 heteroatoms. The number of pyridine rings is 1. The van der Waals surface area contributed by atoms with Gasteiger partial charge in [0.25, 0.3) is 0 Å². The summed E-state index contributed by atoms with van der Waals surface area (Å²) in [6.07, 6.45) is 3.19. The Bertz CT molecular complexity index is 423. The molecule has 1 aliphatic rings. The predicted molar refractivity (Wildman–Crippen MR) is 73.2 cm³/mol. The van der Waals surface area contributed by atoms with Crippen LogP contribution in [0.2, 0.25) is 0 Å². The number of aromatic nitrogens is 1. The van der Waals surface area contributed by atoms with E-state index in [-0.39, 0.29) is 0 Å². The SMILES string of the molecule is Cc1cnc(N)c(C2(O)CCN(C(C)C)CC2)c1. The van der Waals surface area contributed by atoms with Crippen molar-refractivity contribution >= 4 is 5.82 Å². The molecule has 1 fully saturated rings. The van der Waals surface area contributed by atoms with Gasteiger partial charge in [-0.15, -0.1) is 0 Å². The number of likely N-dealkylation sites (tertiary alicyclic amines) is 1. The monoisotopic (exact) mass is 249 g/mol. The van der Waals surface area contributed by atoms with E-state index in [1.165, 1.54) is 0 Å². The van der Waals surface area contributed by atoms with Crippen LogP contribution >= 0.6 is 0 Å². The molecule has 1 aliphatic heterocycles. The minimum absolute atomic E-state index is 0.459. The Labute approximate surface area is 109 Å². The van der Waals surface area contributed by atoms with E-state index in [9.17, 15) is 5.11 Å². The molecule has 3 N–H and O–H groups in total. The normalized spacial score (nSPS) is 20.3. The minimum Gasteiger partial charge on any atom is -0.385 e. The largest absolute Gasteiger partial charge is 0.385 e. The first-order valence-corrected chi connectivity index (χ1v) is 6.61. The minimum atomic E-state index is -0.811. The number of hydrogen-bond acceptors (Lipinski definition) is 4. The average molecular weight is 249 g/mol. The van der Waals surface area contributed by atoms with Crippen molar-refractivity contribution in [2.24, 2.45) is 0 Å². The molecule has 0 spiro atoms. The van der Waals surface area contributed by atoms with E-state index in [2.05, 4.69) is 23.7 Å². The maximum Gasteiger partial charge on any atom is 0.129 e. The summed E-state index contributed by atoms with van der Waals surface area (Å²) in [7, 11) is 0. The van der Waals surface area contributed by atoms with Crippen LogP contribution in [0.4, 0.5) is 5.82 Å². The van der Waals surface area contributed by atoms with Crippen molar-refractivity contribution in [3.05, 3.63) is 23.4 Å². The van der Waals surface area contributed by atoms with Gasteiger partial charge in [0.15, 0.2) is 0 Å². The van der Waals surface area contributed by atoms with Crippen molar-refractivity contribution in [3.63, 3.8) is 0 Å². The summed E-state index contributed by atoms with van der Waals surface area (Å²) in [5, 5.41) is 10.8. The highest BCUT2D eigenvalue weighted by molar-refractivity contribution is 5.45. The second-order valence-corrected chi connectivity index (χ2v) is 5.61. The molecule has 1 aromatic heterocycles. The molecule has 0 amide bonds. The van der Waals surface area contributed by atoms with Crippen LogP contribution in [0.1, 0.15) is 37.8 Å². The molecular formula is C14H23N3O. The van der Waals surface area contributed by atoms with E-state index >= 15 is 0 Å². The van der Waals surface area contributed by atoms with E-state index in [0.29, 0.717) is 11.9 Å². The third-order valence-electron chi connectivity index (χ3n) is 3.91. The lowest BCUT2D eigenvalue weighted by Gasteiger charge is -2.40. The van der Waals surface area contributed by atoms with Crippen LogP contribution in [0, 0.1) is 6.92 Å². The van der Waals surface area contributed by atoms with E-state index < -0.39 is 5.60 Å². The molecule has 2 heterocycles. The zero-order valence-corrected chi connectivity index (χ0v) is 11.5. The molecular weight excluding hydrogens is 226 g/mol. The Morgan fingerprint density at radius 1 is 1.39 bits per heavy atom.